The monoisotopic (exact) mass is 228 g/mol. The number of hydrogen-bond donors (Lipinski definition) is 0. The minimum absolute atomic E-state index is 0.219. The average molecular weight is 229 g/mol. The summed E-state index contributed by atoms with van der Waals surface area (Å²) >= 11 is 5.90. The highest BCUT2D eigenvalue weighted by Gasteiger charge is 2.24. The number of carbonyl (C=O) groups excluding carboxylic acids is 1. The first-order valence-corrected chi connectivity index (χ1v) is 4.78. The van der Waals surface area contributed by atoms with Crippen LogP contribution in [0.1, 0.15) is 10.4 Å². The summed E-state index contributed by atoms with van der Waals surface area (Å²) in [6, 6.07) is 3.25. The van der Waals surface area contributed by atoms with Gasteiger partial charge in [-0.2, -0.15) is 0 Å². The minimum atomic E-state index is -0.526. The third-order valence-corrected chi connectivity index (χ3v) is 2.36. The number of methoxy groups -OCH3 is 1. The molecule has 0 saturated carbocycles. The molecule has 0 amide bonds. The first-order chi connectivity index (χ1) is 7.24. The van der Waals surface area contributed by atoms with Gasteiger partial charge < -0.3 is 14.2 Å². The summed E-state index contributed by atoms with van der Waals surface area (Å²) in [5.41, 5.74) is 0.219. The van der Waals surface area contributed by atoms with E-state index in [1.165, 1.54) is 7.11 Å². The normalized spacial score (nSPS) is 13.5. The predicted octanol–water partition coefficient (Wildman–Crippen LogP) is 1.90. The first kappa shape index (κ1) is 10.1. The van der Waals surface area contributed by atoms with Crippen LogP contribution >= 0.6 is 11.6 Å². The van der Waals surface area contributed by atoms with Crippen LogP contribution < -0.4 is 9.47 Å². The summed E-state index contributed by atoms with van der Waals surface area (Å²) in [6.45, 7) is 0.868. The summed E-state index contributed by atoms with van der Waals surface area (Å²) in [7, 11) is 1.29. The molecule has 0 aliphatic carbocycles. The van der Waals surface area contributed by atoms with Gasteiger partial charge in [-0.1, -0.05) is 11.6 Å². The van der Waals surface area contributed by atoms with Crippen molar-refractivity contribution in [2.24, 2.45) is 0 Å². The van der Waals surface area contributed by atoms with Crippen molar-refractivity contribution in [3.8, 4) is 11.5 Å². The molecule has 1 aromatic rings. The van der Waals surface area contributed by atoms with Crippen LogP contribution in [0.3, 0.4) is 0 Å². The molecule has 0 saturated heterocycles. The van der Waals surface area contributed by atoms with Crippen molar-refractivity contribution >= 4 is 17.6 Å². The Labute approximate surface area is 91.7 Å². The Kier molecular flexibility index (Phi) is 2.68. The first-order valence-electron chi connectivity index (χ1n) is 4.40. The Morgan fingerprint density at radius 3 is 2.87 bits per heavy atom. The molecule has 0 bridgehead atoms. The molecule has 4 nitrogen and oxygen atoms in total. The van der Waals surface area contributed by atoms with Gasteiger partial charge in [-0.25, -0.2) is 4.79 Å². The number of halogens is 1. The molecule has 0 spiro atoms. The summed E-state index contributed by atoms with van der Waals surface area (Å²) in [6.07, 6.45) is 0. The molecule has 1 heterocycles. The standard InChI is InChI=1S/C10H9ClO4/c1-13-10(12)8-6(11)2-3-7-9(8)15-5-4-14-7/h2-3H,4-5H2,1H3. The smallest absolute Gasteiger partial charge is 0.343 e. The fraction of sp³-hybridized carbons (Fsp3) is 0.300. The lowest BCUT2D eigenvalue weighted by molar-refractivity contribution is 0.0590. The minimum Gasteiger partial charge on any atom is -0.486 e. The second kappa shape index (κ2) is 3.98. The van der Waals surface area contributed by atoms with Crippen molar-refractivity contribution in [2.45, 2.75) is 0 Å². The molecule has 5 heteroatoms. The molecule has 0 fully saturated rings. The van der Waals surface area contributed by atoms with E-state index in [4.69, 9.17) is 21.1 Å². The van der Waals surface area contributed by atoms with Gasteiger partial charge >= 0.3 is 5.97 Å². The van der Waals surface area contributed by atoms with Crippen molar-refractivity contribution in [1.82, 2.24) is 0 Å². The van der Waals surface area contributed by atoms with E-state index in [0.717, 1.165) is 0 Å². The molecule has 1 aliphatic heterocycles. The Balaban J connectivity index is 2.55. The Morgan fingerprint density at radius 1 is 1.40 bits per heavy atom. The van der Waals surface area contributed by atoms with E-state index in [1.807, 2.05) is 0 Å². The maximum Gasteiger partial charge on any atom is 0.343 e. The molecular formula is C10H9ClO4. The molecular weight excluding hydrogens is 220 g/mol. The van der Waals surface area contributed by atoms with Crippen LogP contribution in [0.4, 0.5) is 0 Å². The summed E-state index contributed by atoms with van der Waals surface area (Å²) in [5.74, 6) is 0.356. The molecule has 0 atom stereocenters. The molecule has 2 rings (SSSR count). The fourth-order valence-corrected chi connectivity index (χ4v) is 1.61. The van der Waals surface area contributed by atoms with Crippen LogP contribution in [-0.4, -0.2) is 26.3 Å². The van der Waals surface area contributed by atoms with E-state index in [9.17, 15) is 4.79 Å². The molecule has 0 radical (unpaired) electrons. The summed E-state index contributed by atoms with van der Waals surface area (Å²) in [4.78, 5) is 11.5. The van der Waals surface area contributed by atoms with Gasteiger partial charge in [0.15, 0.2) is 11.5 Å². The zero-order chi connectivity index (χ0) is 10.8. The van der Waals surface area contributed by atoms with Gasteiger partial charge in [-0.15, -0.1) is 0 Å². The Hall–Kier alpha value is -1.42. The largest absolute Gasteiger partial charge is 0.486 e. The number of esters is 1. The van der Waals surface area contributed by atoms with E-state index >= 15 is 0 Å². The van der Waals surface area contributed by atoms with E-state index in [0.29, 0.717) is 29.7 Å². The summed E-state index contributed by atoms with van der Waals surface area (Å²) in [5, 5.41) is 0.297. The van der Waals surface area contributed by atoms with Crippen LogP contribution in [0.2, 0.25) is 5.02 Å². The molecule has 0 unspecified atom stereocenters. The van der Waals surface area contributed by atoms with Crippen molar-refractivity contribution in [3.05, 3.63) is 22.7 Å². The molecule has 0 aromatic heterocycles. The third-order valence-electron chi connectivity index (χ3n) is 2.05. The van der Waals surface area contributed by atoms with Crippen LogP contribution in [0.25, 0.3) is 0 Å². The molecule has 1 aromatic carbocycles. The van der Waals surface area contributed by atoms with E-state index in [1.54, 1.807) is 12.1 Å². The van der Waals surface area contributed by atoms with Crippen molar-refractivity contribution < 1.29 is 19.0 Å². The van der Waals surface area contributed by atoms with Gasteiger partial charge in [-0.3, -0.25) is 0 Å². The molecule has 1 aliphatic rings. The van der Waals surface area contributed by atoms with Crippen molar-refractivity contribution in [3.63, 3.8) is 0 Å². The van der Waals surface area contributed by atoms with E-state index in [-0.39, 0.29) is 5.56 Å². The lowest BCUT2D eigenvalue weighted by Gasteiger charge is -2.20. The van der Waals surface area contributed by atoms with Crippen LogP contribution in [0.5, 0.6) is 11.5 Å². The number of ether oxygens (including phenoxy) is 3. The van der Waals surface area contributed by atoms with Crippen LogP contribution in [0, 0.1) is 0 Å². The Bertz CT molecular complexity index is 403. The average Bonchev–Trinajstić information content (AvgIpc) is 2.28. The highest BCUT2D eigenvalue weighted by molar-refractivity contribution is 6.34. The van der Waals surface area contributed by atoms with Gasteiger partial charge in [0.1, 0.15) is 18.8 Å². The quantitative estimate of drug-likeness (QED) is 0.689. The van der Waals surface area contributed by atoms with Gasteiger partial charge in [0, 0.05) is 0 Å². The van der Waals surface area contributed by atoms with Crippen LogP contribution in [-0.2, 0) is 4.74 Å². The number of hydrogen-bond acceptors (Lipinski definition) is 4. The van der Waals surface area contributed by atoms with Crippen LogP contribution in [0.15, 0.2) is 12.1 Å². The highest BCUT2D eigenvalue weighted by Crippen LogP contribution is 2.38. The number of fused-ring (bicyclic) bond motifs is 1. The maximum absolute atomic E-state index is 11.5. The van der Waals surface area contributed by atoms with Crippen molar-refractivity contribution in [2.75, 3.05) is 20.3 Å². The van der Waals surface area contributed by atoms with E-state index < -0.39 is 5.97 Å². The van der Waals surface area contributed by atoms with Crippen molar-refractivity contribution in [1.29, 1.82) is 0 Å². The Morgan fingerprint density at radius 2 is 2.13 bits per heavy atom. The number of benzene rings is 1. The summed E-state index contributed by atoms with van der Waals surface area (Å²) < 4.78 is 15.3. The zero-order valence-corrected chi connectivity index (χ0v) is 8.84. The number of carbonyl (C=O) groups is 1. The number of rotatable bonds is 1. The lowest BCUT2D eigenvalue weighted by atomic mass is 10.1. The molecule has 80 valence electrons. The van der Waals surface area contributed by atoms with Gasteiger partial charge in [0.2, 0.25) is 0 Å². The van der Waals surface area contributed by atoms with Gasteiger partial charge in [0.05, 0.1) is 12.1 Å². The molecule has 0 N–H and O–H groups in total. The lowest BCUT2D eigenvalue weighted by Crippen LogP contribution is -2.18. The fourth-order valence-electron chi connectivity index (χ4n) is 1.38. The maximum atomic E-state index is 11.5. The van der Waals surface area contributed by atoms with Gasteiger partial charge in [0.25, 0.3) is 0 Å². The second-order valence-corrected chi connectivity index (χ2v) is 3.35. The van der Waals surface area contributed by atoms with E-state index in [2.05, 4.69) is 4.74 Å². The predicted molar refractivity (Wildman–Crippen MR) is 53.8 cm³/mol. The third kappa shape index (κ3) is 1.72. The van der Waals surface area contributed by atoms with Gasteiger partial charge in [-0.05, 0) is 12.1 Å². The zero-order valence-electron chi connectivity index (χ0n) is 8.08. The topological polar surface area (TPSA) is 44.8 Å². The highest BCUT2D eigenvalue weighted by atomic mass is 35.5. The SMILES string of the molecule is COC(=O)c1c(Cl)ccc2c1OCCO2. The second-order valence-electron chi connectivity index (χ2n) is 2.94. The molecule has 15 heavy (non-hydrogen) atoms.